The molecule has 3 aromatic rings. The molecular weight excluding hydrogens is 586 g/mol. The van der Waals surface area contributed by atoms with E-state index in [1.54, 1.807) is 36.4 Å². The normalized spacial score (nSPS) is 21.4. The van der Waals surface area contributed by atoms with Gasteiger partial charge >= 0.3 is 11.9 Å². The van der Waals surface area contributed by atoms with Crippen LogP contribution in [0.25, 0.3) is 0 Å². The van der Waals surface area contributed by atoms with Gasteiger partial charge in [-0.3, -0.25) is 14.2 Å². The summed E-state index contributed by atoms with van der Waals surface area (Å²) in [5, 5.41) is 0. The van der Waals surface area contributed by atoms with Crippen LogP contribution in [-0.2, 0) is 18.1 Å². The van der Waals surface area contributed by atoms with Crippen molar-refractivity contribution in [2.75, 3.05) is 19.6 Å². The SMILES string of the molecule is O=C(c1ccccc1)n1c(=O)c(I)cn(CCCN2CC3C[C@@]3(c3cccc(C(F)(F)F)c3)C2)c1=O. The first-order chi connectivity index (χ1) is 17.1. The molecule has 0 spiro atoms. The van der Waals surface area contributed by atoms with E-state index in [1.165, 1.54) is 22.9 Å². The Morgan fingerprint density at radius 2 is 1.81 bits per heavy atom. The van der Waals surface area contributed by atoms with E-state index in [4.69, 9.17) is 0 Å². The molecule has 1 saturated heterocycles. The number of aromatic nitrogens is 2. The van der Waals surface area contributed by atoms with Gasteiger partial charge in [0.1, 0.15) is 0 Å². The molecule has 188 valence electrons. The van der Waals surface area contributed by atoms with E-state index in [0.29, 0.717) is 36.5 Å². The van der Waals surface area contributed by atoms with Crippen molar-refractivity contribution in [1.29, 1.82) is 0 Å². The lowest BCUT2D eigenvalue weighted by molar-refractivity contribution is -0.137. The van der Waals surface area contributed by atoms with Gasteiger partial charge in [-0.2, -0.15) is 17.7 Å². The molecule has 0 N–H and O–H groups in total. The Bertz CT molecular complexity index is 1430. The first-order valence-corrected chi connectivity index (χ1v) is 12.7. The third-order valence-corrected chi connectivity index (χ3v) is 7.93. The van der Waals surface area contributed by atoms with Gasteiger partial charge < -0.3 is 4.90 Å². The molecule has 1 unspecified atom stereocenters. The Hall–Kier alpha value is -2.73. The zero-order chi connectivity index (χ0) is 25.7. The molecule has 2 atom stereocenters. The molecule has 2 fully saturated rings. The van der Waals surface area contributed by atoms with Gasteiger partial charge in [-0.1, -0.05) is 36.4 Å². The van der Waals surface area contributed by atoms with Crippen LogP contribution in [0.1, 0.15) is 34.3 Å². The summed E-state index contributed by atoms with van der Waals surface area (Å²) in [5.74, 6) is -0.337. The van der Waals surface area contributed by atoms with Gasteiger partial charge in [-0.25, -0.2) is 4.79 Å². The van der Waals surface area contributed by atoms with E-state index < -0.39 is 28.9 Å². The highest BCUT2D eigenvalue weighted by molar-refractivity contribution is 14.1. The Labute approximate surface area is 218 Å². The number of hydrogen-bond donors (Lipinski definition) is 0. The van der Waals surface area contributed by atoms with Crippen LogP contribution in [0.2, 0.25) is 0 Å². The number of likely N-dealkylation sites (tertiary alicyclic amines) is 1. The summed E-state index contributed by atoms with van der Waals surface area (Å²) in [6.07, 6.45) is -1.42. The van der Waals surface area contributed by atoms with Crippen LogP contribution in [0, 0.1) is 9.49 Å². The molecule has 10 heteroatoms. The fourth-order valence-corrected chi connectivity index (χ4v) is 5.87. The lowest BCUT2D eigenvalue weighted by atomic mass is 9.93. The second-order valence-electron chi connectivity index (χ2n) is 9.49. The fourth-order valence-electron chi connectivity index (χ4n) is 5.29. The van der Waals surface area contributed by atoms with Gasteiger partial charge in [0, 0.05) is 36.8 Å². The predicted molar refractivity (Wildman–Crippen MR) is 136 cm³/mol. The molecule has 0 amide bonds. The Kier molecular flexibility index (Phi) is 6.44. The van der Waals surface area contributed by atoms with Gasteiger partial charge in [0.15, 0.2) is 0 Å². The van der Waals surface area contributed by atoms with Gasteiger partial charge in [0.05, 0.1) is 9.13 Å². The summed E-state index contributed by atoms with van der Waals surface area (Å²) >= 11 is 1.82. The lowest BCUT2D eigenvalue weighted by Gasteiger charge is -2.22. The second kappa shape index (κ2) is 9.29. The molecule has 2 aliphatic rings. The van der Waals surface area contributed by atoms with Crippen LogP contribution < -0.4 is 11.2 Å². The number of halogens is 4. The van der Waals surface area contributed by atoms with Gasteiger partial charge in [-0.05, 0) is 71.7 Å². The minimum Gasteiger partial charge on any atom is -0.302 e. The Balaban J connectivity index is 1.27. The van der Waals surface area contributed by atoms with Crippen LogP contribution in [0.15, 0.2) is 70.4 Å². The summed E-state index contributed by atoms with van der Waals surface area (Å²) < 4.78 is 41.8. The summed E-state index contributed by atoms with van der Waals surface area (Å²) in [4.78, 5) is 40.6. The third-order valence-electron chi connectivity index (χ3n) is 7.19. The number of hydrogen-bond acceptors (Lipinski definition) is 4. The van der Waals surface area contributed by atoms with Crippen LogP contribution in [-0.4, -0.2) is 39.6 Å². The average molecular weight is 609 g/mol. The van der Waals surface area contributed by atoms with Crippen molar-refractivity contribution in [3.05, 3.63) is 102 Å². The standard InChI is InChI=1S/C26H23F3IN3O3/c27-26(28,29)19-9-4-8-18(12-19)25-13-20(25)14-31(16-25)10-5-11-32-15-21(30)23(35)33(24(32)36)22(34)17-6-2-1-3-7-17/h1-4,6-9,12,15,20H,5,10-11,13-14,16H2/t20?,25-/m0/s1. The zero-order valence-corrected chi connectivity index (χ0v) is 21.3. The molecule has 1 aliphatic carbocycles. The number of carbonyl (C=O) groups excluding carboxylic acids is 1. The topological polar surface area (TPSA) is 64.3 Å². The minimum absolute atomic E-state index is 0.233. The molecule has 1 aromatic heterocycles. The molecule has 5 rings (SSSR count). The molecule has 2 heterocycles. The summed E-state index contributed by atoms with van der Waals surface area (Å²) in [6.45, 7) is 2.45. The number of nitrogens with zero attached hydrogens (tertiary/aromatic N) is 3. The van der Waals surface area contributed by atoms with E-state index in [-0.39, 0.29) is 14.5 Å². The summed E-state index contributed by atoms with van der Waals surface area (Å²) in [5.41, 5.74) is -1.19. The highest BCUT2D eigenvalue weighted by Crippen LogP contribution is 2.59. The lowest BCUT2D eigenvalue weighted by Crippen LogP contribution is -2.45. The van der Waals surface area contributed by atoms with Crippen molar-refractivity contribution in [1.82, 2.24) is 14.0 Å². The van der Waals surface area contributed by atoms with Crippen molar-refractivity contribution in [3.63, 3.8) is 0 Å². The van der Waals surface area contributed by atoms with Crippen molar-refractivity contribution >= 4 is 28.5 Å². The van der Waals surface area contributed by atoms with Crippen molar-refractivity contribution in [2.45, 2.75) is 31.0 Å². The smallest absolute Gasteiger partial charge is 0.302 e. The maximum atomic E-state index is 13.2. The molecular formula is C26H23F3IN3O3. The molecule has 1 saturated carbocycles. The molecule has 2 aromatic carbocycles. The first kappa shape index (κ1) is 24.9. The van der Waals surface area contributed by atoms with Crippen molar-refractivity contribution in [3.8, 4) is 0 Å². The number of alkyl halides is 3. The highest BCUT2D eigenvalue weighted by atomic mass is 127. The highest BCUT2D eigenvalue weighted by Gasteiger charge is 2.60. The van der Waals surface area contributed by atoms with Crippen LogP contribution in [0.4, 0.5) is 13.2 Å². The van der Waals surface area contributed by atoms with E-state index in [0.717, 1.165) is 24.6 Å². The van der Waals surface area contributed by atoms with E-state index >= 15 is 0 Å². The molecule has 0 radical (unpaired) electrons. The Morgan fingerprint density at radius 3 is 2.53 bits per heavy atom. The van der Waals surface area contributed by atoms with E-state index in [1.807, 2.05) is 22.6 Å². The van der Waals surface area contributed by atoms with Gasteiger partial charge in [0.2, 0.25) is 0 Å². The van der Waals surface area contributed by atoms with Crippen molar-refractivity contribution < 1.29 is 18.0 Å². The van der Waals surface area contributed by atoms with E-state index in [2.05, 4.69) is 4.90 Å². The molecule has 1 aliphatic heterocycles. The second-order valence-corrected chi connectivity index (χ2v) is 10.7. The van der Waals surface area contributed by atoms with Crippen LogP contribution >= 0.6 is 22.6 Å². The number of fused-ring (bicyclic) bond motifs is 1. The number of piperidine rings is 1. The number of aryl methyl sites for hydroxylation is 1. The molecule has 36 heavy (non-hydrogen) atoms. The summed E-state index contributed by atoms with van der Waals surface area (Å²) in [7, 11) is 0. The van der Waals surface area contributed by atoms with E-state index in [9.17, 15) is 27.6 Å². The number of carbonyl (C=O) groups is 1. The van der Waals surface area contributed by atoms with Crippen molar-refractivity contribution in [2.24, 2.45) is 5.92 Å². The molecule has 6 nitrogen and oxygen atoms in total. The first-order valence-electron chi connectivity index (χ1n) is 11.6. The average Bonchev–Trinajstić information content (AvgIpc) is 3.43. The maximum absolute atomic E-state index is 13.2. The van der Waals surface area contributed by atoms with Gasteiger partial charge in [0.25, 0.3) is 11.5 Å². The monoisotopic (exact) mass is 609 g/mol. The van der Waals surface area contributed by atoms with Crippen LogP contribution in [0.5, 0.6) is 0 Å². The summed E-state index contributed by atoms with van der Waals surface area (Å²) in [6, 6.07) is 13.8. The third kappa shape index (κ3) is 4.56. The van der Waals surface area contributed by atoms with Crippen LogP contribution in [0.3, 0.4) is 0 Å². The number of benzene rings is 2. The quantitative estimate of drug-likeness (QED) is 0.397. The fraction of sp³-hybridized carbons (Fsp3) is 0.346. The maximum Gasteiger partial charge on any atom is 0.416 e. The van der Waals surface area contributed by atoms with Gasteiger partial charge in [-0.15, -0.1) is 0 Å². The zero-order valence-electron chi connectivity index (χ0n) is 19.2. The molecule has 0 bridgehead atoms. The predicted octanol–water partition coefficient (Wildman–Crippen LogP) is 3.99. The number of rotatable bonds is 6. The Morgan fingerprint density at radius 1 is 1.06 bits per heavy atom. The largest absolute Gasteiger partial charge is 0.416 e. The minimum atomic E-state index is -4.36.